The van der Waals surface area contributed by atoms with E-state index >= 15 is 0 Å². The molecule has 0 aromatic rings. The molecule has 0 saturated heterocycles. The fourth-order valence-corrected chi connectivity index (χ4v) is 4.00. The Morgan fingerprint density at radius 1 is 0.611 bits per heavy atom. The zero-order valence-corrected chi connectivity index (χ0v) is 14.0. The van der Waals surface area contributed by atoms with Crippen LogP contribution in [0, 0.1) is 23.7 Å². The van der Waals surface area contributed by atoms with Crippen molar-refractivity contribution in [1.82, 2.24) is 0 Å². The Morgan fingerprint density at radius 2 is 0.833 bits per heavy atom. The molecule has 0 aromatic heterocycles. The Balaban J connectivity index is 0.00000137. The second-order valence-electron chi connectivity index (χ2n) is 5.83. The molecule has 1 fully saturated rings. The third kappa shape index (κ3) is 5.33. The van der Waals surface area contributed by atoms with Crippen LogP contribution in [0.1, 0.15) is 92.9 Å². The van der Waals surface area contributed by atoms with Gasteiger partial charge in [0.1, 0.15) is 0 Å². The van der Waals surface area contributed by atoms with Crippen LogP contribution in [-0.4, -0.2) is 0 Å². The summed E-state index contributed by atoms with van der Waals surface area (Å²) in [6, 6.07) is 0. The van der Waals surface area contributed by atoms with Crippen molar-refractivity contribution >= 4 is 0 Å². The molecule has 0 heteroatoms. The number of rotatable bonds is 6. The van der Waals surface area contributed by atoms with Crippen LogP contribution in [0.25, 0.3) is 0 Å². The van der Waals surface area contributed by atoms with Crippen molar-refractivity contribution in [2.75, 3.05) is 0 Å². The molecule has 0 spiro atoms. The smallest absolute Gasteiger partial charge is 0.0386 e. The van der Waals surface area contributed by atoms with E-state index in [9.17, 15) is 0 Å². The lowest BCUT2D eigenvalue weighted by Gasteiger charge is -2.36. The zero-order chi connectivity index (χ0) is 14.0. The highest BCUT2D eigenvalue weighted by Gasteiger charge is 2.28. The normalized spacial score (nSPS) is 24.0. The first kappa shape index (κ1) is 18.0. The van der Waals surface area contributed by atoms with Crippen LogP contribution in [0.5, 0.6) is 0 Å². The maximum Gasteiger partial charge on any atom is -0.0386 e. The molecule has 0 unspecified atom stereocenters. The Morgan fingerprint density at radius 3 is 1.00 bits per heavy atom. The van der Waals surface area contributed by atoms with E-state index in [2.05, 4.69) is 27.7 Å². The fraction of sp³-hybridized carbons (Fsp3) is 1.00. The van der Waals surface area contributed by atoms with Crippen molar-refractivity contribution in [3.05, 3.63) is 0 Å². The third-order valence-corrected chi connectivity index (χ3v) is 5.25. The topological polar surface area (TPSA) is 0 Å². The van der Waals surface area contributed by atoms with Gasteiger partial charge < -0.3 is 0 Å². The molecule has 0 N–H and O–H groups in total. The molecule has 1 saturated carbocycles. The third-order valence-electron chi connectivity index (χ3n) is 5.25. The Kier molecular flexibility index (Phi) is 10.9. The molecule has 0 radical (unpaired) electrons. The van der Waals surface area contributed by atoms with E-state index in [0.717, 1.165) is 23.7 Å². The molecule has 18 heavy (non-hydrogen) atoms. The van der Waals surface area contributed by atoms with Gasteiger partial charge in [0.15, 0.2) is 0 Å². The quantitative estimate of drug-likeness (QED) is 0.495. The van der Waals surface area contributed by atoms with Gasteiger partial charge in [-0.15, -0.1) is 0 Å². The molecule has 1 aliphatic carbocycles. The van der Waals surface area contributed by atoms with Gasteiger partial charge in [-0.25, -0.2) is 0 Å². The van der Waals surface area contributed by atoms with Crippen LogP contribution in [-0.2, 0) is 0 Å². The molecule has 1 aliphatic rings. The van der Waals surface area contributed by atoms with Crippen molar-refractivity contribution < 1.29 is 0 Å². The van der Waals surface area contributed by atoms with Crippen molar-refractivity contribution in [2.45, 2.75) is 92.9 Å². The zero-order valence-electron chi connectivity index (χ0n) is 14.0. The highest BCUT2D eigenvalue weighted by molar-refractivity contribution is 4.79. The summed E-state index contributed by atoms with van der Waals surface area (Å²) >= 11 is 0. The van der Waals surface area contributed by atoms with Crippen LogP contribution < -0.4 is 0 Å². The van der Waals surface area contributed by atoms with E-state index in [1.54, 1.807) is 0 Å². The Bertz CT molecular complexity index is 137. The molecule has 0 amide bonds. The number of hydrogen-bond acceptors (Lipinski definition) is 0. The summed E-state index contributed by atoms with van der Waals surface area (Å²) in [7, 11) is 0. The van der Waals surface area contributed by atoms with Gasteiger partial charge in [0, 0.05) is 0 Å². The lowest BCUT2D eigenvalue weighted by atomic mass is 9.70. The van der Waals surface area contributed by atoms with Crippen LogP contribution in [0.15, 0.2) is 0 Å². The first-order valence-electron chi connectivity index (χ1n) is 8.76. The molecule has 0 heterocycles. The van der Waals surface area contributed by atoms with E-state index in [1.165, 1.54) is 51.4 Å². The minimum absolute atomic E-state index is 1.02. The van der Waals surface area contributed by atoms with E-state index in [0.29, 0.717) is 0 Å². The maximum absolute atomic E-state index is 2.38. The van der Waals surface area contributed by atoms with Gasteiger partial charge in [0.05, 0.1) is 0 Å². The summed E-state index contributed by atoms with van der Waals surface area (Å²) in [6.07, 6.45) is 11.7. The first-order chi connectivity index (χ1) is 8.76. The van der Waals surface area contributed by atoms with Crippen molar-refractivity contribution in [3.63, 3.8) is 0 Å². The maximum atomic E-state index is 2.38. The van der Waals surface area contributed by atoms with Crippen LogP contribution in [0.2, 0.25) is 0 Å². The summed E-state index contributed by atoms with van der Waals surface area (Å²) < 4.78 is 0. The van der Waals surface area contributed by atoms with Gasteiger partial charge in [-0.05, 0) is 49.4 Å². The summed E-state index contributed by atoms with van der Waals surface area (Å²) in [5.41, 5.74) is 0. The predicted molar refractivity (Wildman–Crippen MR) is 84.9 cm³/mol. The Hall–Kier alpha value is 0. The lowest BCUT2D eigenvalue weighted by molar-refractivity contribution is 0.152. The van der Waals surface area contributed by atoms with E-state index < -0.39 is 0 Å². The monoisotopic (exact) mass is 254 g/mol. The molecule has 0 atom stereocenters. The van der Waals surface area contributed by atoms with E-state index in [1.807, 2.05) is 13.8 Å². The average Bonchev–Trinajstić information content (AvgIpc) is 2.45. The highest BCUT2D eigenvalue weighted by Crippen LogP contribution is 2.40. The fourth-order valence-electron chi connectivity index (χ4n) is 4.00. The summed E-state index contributed by atoms with van der Waals surface area (Å²) in [6.45, 7) is 13.5. The molecular weight excluding hydrogens is 216 g/mol. The minimum Gasteiger partial charge on any atom is -0.0683 e. The summed E-state index contributed by atoms with van der Waals surface area (Å²) in [4.78, 5) is 0. The van der Waals surface area contributed by atoms with Gasteiger partial charge in [0.25, 0.3) is 0 Å². The van der Waals surface area contributed by atoms with Gasteiger partial charge >= 0.3 is 0 Å². The first-order valence-corrected chi connectivity index (χ1v) is 8.76. The molecule has 110 valence electrons. The van der Waals surface area contributed by atoms with Gasteiger partial charge in [-0.1, -0.05) is 67.2 Å². The predicted octanol–water partition coefficient (Wildman–Crippen LogP) is 6.69. The van der Waals surface area contributed by atoms with Crippen LogP contribution in [0.3, 0.4) is 0 Å². The highest BCUT2D eigenvalue weighted by atomic mass is 14.3. The van der Waals surface area contributed by atoms with Gasteiger partial charge in [0.2, 0.25) is 0 Å². The van der Waals surface area contributed by atoms with E-state index in [4.69, 9.17) is 0 Å². The average molecular weight is 255 g/mol. The standard InChI is InChI=1S/C16H32.C2H6/c1-5-13(6-2)15-9-11-16(12-10-15)14(7-3)8-4;1-2/h13-16H,5-12H2,1-4H3;1-2H3. The van der Waals surface area contributed by atoms with Crippen molar-refractivity contribution in [1.29, 1.82) is 0 Å². The minimum atomic E-state index is 1.02. The molecule has 0 bridgehead atoms. The van der Waals surface area contributed by atoms with Crippen molar-refractivity contribution in [2.24, 2.45) is 23.7 Å². The number of hydrogen-bond donors (Lipinski definition) is 0. The summed E-state index contributed by atoms with van der Waals surface area (Å²) in [5, 5.41) is 0. The van der Waals surface area contributed by atoms with Crippen LogP contribution in [0.4, 0.5) is 0 Å². The van der Waals surface area contributed by atoms with E-state index in [-0.39, 0.29) is 0 Å². The lowest BCUT2D eigenvalue weighted by Crippen LogP contribution is -2.25. The largest absolute Gasteiger partial charge is 0.0683 e. The molecule has 0 nitrogen and oxygen atoms in total. The molecule has 0 aromatic carbocycles. The van der Waals surface area contributed by atoms with Gasteiger partial charge in [-0.3, -0.25) is 0 Å². The molecule has 1 rings (SSSR count). The van der Waals surface area contributed by atoms with Crippen LogP contribution >= 0.6 is 0 Å². The SMILES string of the molecule is CC.CCC(CC)C1CCC(C(CC)CC)CC1. The molecule has 0 aliphatic heterocycles. The second kappa shape index (κ2) is 10.9. The second-order valence-corrected chi connectivity index (χ2v) is 5.83. The van der Waals surface area contributed by atoms with Crippen molar-refractivity contribution in [3.8, 4) is 0 Å². The summed E-state index contributed by atoms with van der Waals surface area (Å²) in [5.74, 6) is 4.14. The Labute approximate surface area is 117 Å². The van der Waals surface area contributed by atoms with Gasteiger partial charge in [-0.2, -0.15) is 0 Å². The molecular formula is C18H38.